The SMILES string of the molecule is CCOc1cccc(NC(=O)C(C)N(c2ccc(OC)c(OC)c2)S(C)(=O)=O)c1. The van der Waals surface area contributed by atoms with Gasteiger partial charge >= 0.3 is 0 Å². The fraction of sp³-hybridized carbons (Fsp3) is 0.350. The Labute approximate surface area is 171 Å². The minimum absolute atomic E-state index is 0.288. The first-order valence-electron chi connectivity index (χ1n) is 8.96. The van der Waals surface area contributed by atoms with Gasteiger partial charge in [-0.05, 0) is 38.1 Å². The number of hydrogen-bond acceptors (Lipinski definition) is 6. The van der Waals surface area contributed by atoms with Crippen molar-refractivity contribution in [3.8, 4) is 17.2 Å². The fourth-order valence-corrected chi connectivity index (χ4v) is 4.01. The number of methoxy groups -OCH3 is 2. The summed E-state index contributed by atoms with van der Waals surface area (Å²) < 4.78 is 41.9. The third-order valence-electron chi connectivity index (χ3n) is 4.12. The van der Waals surface area contributed by atoms with Crippen molar-refractivity contribution >= 4 is 27.3 Å². The Morgan fingerprint density at radius 3 is 2.38 bits per heavy atom. The van der Waals surface area contributed by atoms with Crippen molar-refractivity contribution in [2.75, 3.05) is 36.7 Å². The fourth-order valence-electron chi connectivity index (χ4n) is 2.85. The van der Waals surface area contributed by atoms with Crippen LogP contribution in [0, 0.1) is 0 Å². The molecule has 0 radical (unpaired) electrons. The van der Waals surface area contributed by atoms with E-state index in [9.17, 15) is 13.2 Å². The van der Waals surface area contributed by atoms with Crippen LogP contribution in [-0.4, -0.2) is 47.4 Å². The zero-order valence-corrected chi connectivity index (χ0v) is 17.9. The highest BCUT2D eigenvalue weighted by atomic mass is 32.2. The quantitative estimate of drug-likeness (QED) is 0.668. The van der Waals surface area contributed by atoms with Crippen molar-refractivity contribution in [1.29, 1.82) is 0 Å². The van der Waals surface area contributed by atoms with Gasteiger partial charge in [-0.1, -0.05) is 6.07 Å². The van der Waals surface area contributed by atoms with Gasteiger partial charge in [0, 0.05) is 17.8 Å². The summed E-state index contributed by atoms with van der Waals surface area (Å²) in [5, 5.41) is 2.73. The molecule has 9 heteroatoms. The van der Waals surface area contributed by atoms with Crippen LogP contribution >= 0.6 is 0 Å². The van der Waals surface area contributed by atoms with E-state index in [0.29, 0.717) is 29.5 Å². The third kappa shape index (κ3) is 5.54. The van der Waals surface area contributed by atoms with Gasteiger partial charge < -0.3 is 19.5 Å². The number of amides is 1. The molecule has 0 aliphatic heterocycles. The summed E-state index contributed by atoms with van der Waals surface area (Å²) >= 11 is 0. The van der Waals surface area contributed by atoms with Crippen molar-refractivity contribution in [2.24, 2.45) is 0 Å². The average Bonchev–Trinajstić information content (AvgIpc) is 2.67. The molecule has 0 spiro atoms. The van der Waals surface area contributed by atoms with Crippen LogP contribution in [0.15, 0.2) is 42.5 Å². The van der Waals surface area contributed by atoms with Crippen LogP contribution in [0.25, 0.3) is 0 Å². The van der Waals surface area contributed by atoms with E-state index in [4.69, 9.17) is 14.2 Å². The highest BCUT2D eigenvalue weighted by molar-refractivity contribution is 7.92. The molecule has 8 nitrogen and oxygen atoms in total. The molecule has 1 N–H and O–H groups in total. The number of nitrogens with zero attached hydrogens (tertiary/aromatic N) is 1. The van der Waals surface area contributed by atoms with E-state index in [1.165, 1.54) is 27.2 Å². The van der Waals surface area contributed by atoms with E-state index in [2.05, 4.69) is 5.32 Å². The molecular weight excluding hydrogens is 396 g/mol. The van der Waals surface area contributed by atoms with Gasteiger partial charge in [0.05, 0.1) is 32.8 Å². The second-order valence-electron chi connectivity index (χ2n) is 6.22. The lowest BCUT2D eigenvalue weighted by atomic mass is 10.2. The van der Waals surface area contributed by atoms with Crippen LogP contribution in [-0.2, 0) is 14.8 Å². The molecule has 0 fully saturated rings. The summed E-state index contributed by atoms with van der Waals surface area (Å²) in [6.07, 6.45) is 1.04. The Hall–Kier alpha value is -2.94. The summed E-state index contributed by atoms with van der Waals surface area (Å²) in [5.74, 6) is 0.932. The van der Waals surface area contributed by atoms with Crippen molar-refractivity contribution in [1.82, 2.24) is 0 Å². The first-order valence-corrected chi connectivity index (χ1v) is 10.8. The number of ether oxygens (including phenoxy) is 3. The number of nitrogens with one attached hydrogen (secondary N) is 1. The first-order chi connectivity index (χ1) is 13.7. The average molecular weight is 423 g/mol. The molecule has 2 rings (SSSR count). The maximum atomic E-state index is 12.8. The van der Waals surface area contributed by atoms with Crippen molar-refractivity contribution < 1.29 is 27.4 Å². The van der Waals surface area contributed by atoms with E-state index < -0.39 is 22.0 Å². The number of carbonyl (C=O) groups is 1. The molecule has 0 aliphatic carbocycles. The Bertz CT molecular complexity index is 961. The summed E-state index contributed by atoms with van der Waals surface area (Å²) in [4.78, 5) is 12.8. The number of rotatable bonds is 9. The van der Waals surface area contributed by atoms with Crippen molar-refractivity contribution in [3.63, 3.8) is 0 Å². The molecule has 0 aromatic heterocycles. The molecule has 0 bridgehead atoms. The van der Waals surface area contributed by atoms with E-state index in [1.807, 2.05) is 6.92 Å². The summed E-state index contributed by atoms with van der Waals surface area (Å²) in [6.45, 7) is 3.87. The molecule has 0 heterocycles. The zero-order valence-electron chi connectivity index (χ0n) is 17.1. The minimum Gasteiger partial charge on any atom is -0.494 e. The molecule has 0 aliphatic rings. The third-order valence-corrected chi connectivity index (χ3v) is 5.36. The van der Waals surface area contributed by atoms with Gasteiger partial charge in [0.25, 0.3) is 0 Å². The van der Waals surface area contributed by atoms with Crippen molar-refractivity contribution in [3.05, 3.63) is 42.5 Å². The van der Waals surface area contributed by atoms with Crippen LogP contribution in [0.5, 0.6) is 17.2 Å². The number of hydrogen-bond donors (Lipinski definition) is 1. The lowest BCUT2D eigenvalue weighted by Gasteiger charge is -2.28. The number of benzene rings is 2. The normalized spacial score (nSPS) is 12.0. The maximum absolute atomic E-state index is 12.8. The van der Waals surface area contributed by atoms with Crippen molar-refractivity contribution in [2.45, 2.75) is 19.9 Å². The standard InChI is InChI=1S/C20H26N2O6S/c1-6-28-17-9-7-8-15(12-17)21-20(23)14(2)22(29(5,24)25)16-10-11-18(26-3)19(13-16)27-4/h7-14H,6H2,1-5H3,(H,21,23). The van der Waals surface area contributed by atoms with Crippen LogP contribution in [0.1, 0.15) is 13.8 Å². The van der Waals surface area contributed by atoms with Gasteiger partial charge in [-0.25, -0.2) is 8.42 Å². The smallest absolute Gasteiger partial charge is 0.247 e. The molecule has 2 aromatic carbocycles. The van der Waals surface area contributed by atoms with E-state index >= 15 is 0 Å². The predicted octanol–water partition coefficient (Wildman–Crippen LogP) is 2.90. The van der Waals surface area contributed by atoms with E-state index in [0.717, 1.165) is 10.6 Å². The van der Waals surface area contributed by atoms with Gasteiger partial charge in [0.2, 0.25) is 15.9 Å². The molecule has 158 valence electrons. The molecule has 1 unspecified atom stereocenters. The molecule has 29 heavy (non-hydrogen) atoms. The highest BCUT2D eigenvalue weighted by Gasteiger charge is 2.30. The summed E-state index contributed by atoms with van der Waals surface area (Å²) in [5.41, 5.74) is 0.796. The maximum Gasteiger partial charge on any atom is 0.247 e. The van der Waals surface area contributed by atoms with Gasteiger partial charge in [0.15, 0.2) is 11.5 Å². The lowest BCUT2D eigenvalue weighted by molar-refractivity contribution is -0.116. The topological polar surface area (TPSA) is 94.2 Å². The monoisotopic (exact) mass is 422 g/mol. The molecular formula is C20H26N2O6S. The Kier molecular flexibility index (Phi) is 7.33. The Morgan fingerprint density at radius 2 is 1.79 bits per heavy atom. The largest absolute Gasteiger partial charge is 0.494 e. The van der Waals surface area contributed by atoms with E-state index in [1.54, 1.807) is 36.4 Å². The van der Waals surface area contributed by atoms with Crippen LogP contribution in [0.3, 0.4) is 0 Å². The molecule has 1 atom stereocenters. The molecule has 1 amide bonds. The Morgan fingerprint density at radius 1 is 1.10 bits per heavy atom. The number of carbonyl (C=O) groups excluding carboxylic acids is 1. The Balaban J connectivity index is 2.33. The lowest BCUT2D eigenvalue weighted by Crippen LogP contribution is -2.45. The second-order valence-corrected chi connectivity index (χ2v) is 8.08. The van der Waals surface area contributed by atoms with Gasteiger partial charge in [-0.15, -0.1) is 0 Å². The highest BCUT2D eigenvalue weighted by Crippen LogP contribution is 2.33. The van der Waals surface area contributed by atoms with Crippen LogP contribution in [0.2, 0.25) is 0 Å². The molecule has 2 aromatic rings. The van der Waals surface area contributed by atoms with Gasteiger partial charge in [-0.2, -0.15) is 0 Å². The number of anilines is 2. The summed E-state index contributed by atoms with van der Waals surface area (Å²) in [7, 11) is -0.828. The van der Waals surface area contributed by atoms with Crippen LogP contribution in [0.4, 0.5) is 11.4 Å². The predicted molar refractivity (Wildman–Crippen MR) is 113 cm³/mol. The summed E-state index contributed by atoms with van der Waals surface area (Å²) in [6, 6.07) is 10.5. The molecule has 0 saturated heterocycles. The van der Waals surface area contributed by atoms with Gasteiger partial charge in [0.1, 0.15) is 11.8 Å². The second kappa shape index (κ2) is 9.51. The van der Waals surface area contributed by atoms with E-state index in [-0.39, 0.29) is 5.69 Å². The molecule has 0 saturated carbocycles. The minimum atomic E-state index is -3.76. The number of sulfonamides is 1. The first kappa shape index (κ1) is 22.4. The van der Waals surface area contributed by atoms with Gasteiger partial charge in [-0.3, -0.25) is 9.10 Å². The van der Waals surface area contributed by atoms with Crippen LogP contribution < -0.4 is 23.8 Å². The zero-order chi connectivity index (χ0) is 21.6.